The van der Waals surface area contributed by atoms with Crippen LogP contribution in [0.15, 0.2) is 29.3 Å². The molecule has 2 rings (SSSR count). The molecule has 0 amide bonds. The molecule has 5 nitrogen and oxygen atoms in total. The summed E-state index contributed by atoms with van der Waals surface area (Å²) in [5.41, 5.74) is 2.53. The molecule has 0 saturated carbocycles. The predicted molar refractivity (Wildman–Crippen MR) is 116 cm³/mol. The minimum absolute atomic E-state index is 0. The molecule has 0 aromatic heterocycles. The largest absolute Gasteiger partial charge is 0.379 e. The Morgan fingerprint density at radius 3 is 2.52 bits per heavy atom. The second-order valence-electron chi connectivity index (χ2n) is 6.27. The third kappa shape index (κ3) is 9.42. The van der Waals surface area contributed by atoms with Crippen molar-refractivity contribution in [1.82, 2.24) is 15.5 Å². The molecular weight excluding hydrogens is 427 g/mol. The van der Waals surface area contributed by atoms with E-state index >= 15 is 0 Å². The lowest BCUT2D eigenvalue weighted by Gasteiger charge is -2.26. The summed E-state index contributed by atoms with van der Waals surface area (Å²) in [7, 11) is 0. The number of rotatable bonds is 8. The fourth-order valence-electron chi connectivity index (χ4n) is 2.70. The molecule has 1 aromatic carbocycles. The highest BCUT2D eigenvalue weighted by molar-refractivity contribution is 14.0. The molecule has 6 heteroatoms. The zero-order valence-electron chi connectivity index (χ0n) is 15.6. The molecule has 0 atom stereocenters. The summed E-state index contributed by atoms with van der Waals surface area (Å²) in [5.74, 6) is 0.907. The molecule has 25 heavy (non-hydrogen) atoms. The van der Waals surface area contributed by atoms with E-state index < -0.39 is 0 Å². The van der Waals surface area contributed by atoms with Crippen molar-refractivity contribution in [2.75, 3.05) is 45.9 Å². The van der Waals surface area contributed by atoms with Crippen LogP contribution in [-0.2, 0) is 11.3 Å². The van der Waals surface area contributed by atoms with E-state index in [0.29, 0.717) is 6.54 Å². The number of nitrogens with one attached hydrogen (secondary N) is 2. The number of aryl methyl sites for hydroxylation is 1. The third-order valence-electron chi connectivity index (χ3n) is 4.18. The Kier molecular flexibility index (Phi) is 11.9. The van der Waals surface area contributed by atoms with Crippen molar-refractivity contribution in [1.29, 1.82) is 0 Å². The Labute approximate surface area is 169 Å². The second kappa shape index (κ2) is 13.4. The van der Waals surface area contributed by atoms with Gasteiger partial charge in [0.05, 0.1) is 19.8 Å². The minimum atomic E-state index is 0. The number of nitrogens with zero attached hydrogens (tertiary/aromatic N) is 2. The van der Waals surface area contributed by atoms with Crippen molar-refractivity contribution in [3.05, 3.63) is 35.4 Å². The third-order valence-corrected chi connectivity index (χ3v) is 4.18. The maximum Gasteiger partial charge on any atom is 0.191 e. The van der Waals surface area contributed by atoms with Crippen molar-refractivity contribution in [3.8, 4) is 0 Å². The van der Waals surface area contributed by atoms with Crippen LogP contribution in [0.1, 0.15) is 30.9 Å². The highest BCUT2D eigenvalue weighted by Crippen LogP contribution is 2.04. The van der Waals surface area contributed by atoms with Crippen molar-refractivity contribution in [2.45, 2.75) is 33.2 Å². The van der Waals surface area contributed by atoms with Gasteiger partial charge in [-0.1, -0.05) is 29.8 Å². The van der Waals surface area contributed by atoms with Gasteiger partial charge in [-0.3, -0.25) is 4.90 Å². The molecule has 0 aliphatic carbocycles. The molecule has 0 unspecified atom stereocenters. The average molecular weight is 460 g/mol. The van der Waals surface area contributed by atoms with Crippen LogP contribution < -0.4 is 10.6 Å². The predicted octanol–water partition coefficient (Wildman–Crippen LogP) is 2.78. The molecule has 142 valence electrons. The Balaban J connectivity index is 0.00000312. The quantitative estimate of drug-likeness (QED) is 0.271. The normalized spacial score (nSPS) is 15.5. The first-order chi connectivity index (χ1) is 11.8. The first kappa shape index (κ1) is 22.2. The minimum Gasteiger partial charge on any atom is -0.379 e. The van der Waals surface area contributed by atoms with Crippen molar-refractivity contribution in [3.63, 3.8) is 0 Å². The van der Waals surface area contributed by atoms with Gasteiger partial charge in [0.2, 0.25) is 0 Å². The van der Waals surface area contributed by atoms with Crippen LogP contribution in [0.25, 0.3) is 0 Å². The van der Waals surface area contributed by atoms with E-state index in [0.717, 1.165) is 51.8 Å². The molecule has 1 aromatic rings. The van der Waals surface area contributed by atoms with Crippen LogP contribution in [0.3, 0.4) is 0 Å². The Morgan fingerprint density at radius 2 is 1.84 bits per heavy atom. The van der Waals surface area contributed by atoms with Crippen LogP contribution >= 0.6 is 24.0 Å². The summed E-state index contributed by atoms with van der Waals surface area (Å²) in [5, 5.41) is 6.75. The number of unbranched alkanes of at least 4 members (excludes halogenated alkanes) is 1. The van der Waals surface area contributed by atoms with Crippen LogP contribution in [0.2, 0.25) is 0 Å². The first-order valence-corrected chi connectivity index (χ1v) is 9.16. The fourth-order valence-corrected chi connectivity index (χ4v) is 2.70. The van der Waals surface area contributed by atoms with Crippen LogP contribution in [-0.4, -0.2) is 56.8 Å². The lowest BCUT2D eigenvalue weighted by atomic mass is 10.1. The summed E-state index contributed by atoms with van der Waals surface area (Å²) in [4.78, 5) is 7.15. The number of aliphatic imine (C=N–C) groups is 1. The van der Waals surface area contributed by atoms with Gasteiger partial charge in [0.25, 0.3) is 0 Å². The SMILES string of the molecule is CCNC(=NCc1ccc(C)cc1)NCCCCN1CCOCC1.I. The lowest BCUT2D eigenvalue weighted by molar-refractivity contribution is 0.0372. The van der Waals surface area contributed by atoms with E-state index in [1.165, 1.54) is 24.1 Å². The average Bonchev–Trinajstić information content (AvgIpc) is 2.61. The molecule has 0 spiro atoms. The molecule has 1 aliphatic rings. The molecule has 0 radical (unpaired) electrons. The standard InChI is InChI=1S/C19H32N4O.HI/c1-3-20-19(22-16-18-8-6-17(2)7-9-18)21-10-4-5-11-23-12-14-24-15-13-23;/h6-9H,3-5,10-16H2,1-2H3,(H2,20,21,22);1H. The molecule has 2 N–H and O–H groups in total. The zero-order chi connectivity index (χ0) is 17.0. The summed E-state index contributed by atoms with van der Waals surface area (Å²) in [6.45, 7) is 11.9. The number of hydrogen-bond acceptors (Lipinski definition) is 3. The van der Waals surface area contributed by atoms with Crippen LogP contribution in [0.4, 0.5) is 0 Å². The summed E-state index contributed by atoms with van der Waals surface area (Å²) in [6, 6.07) is 8.56. The van der Waals surface area contributed by atoms with Gasteiger partial charge in [0.15, 0.2) is 5.96 Å². The maximum absolute atomic E-state index is 5.38. The molecule has 0 bridgehead atoms. The summed E-state index contributed by atoms with van der Waals surface area (Å²) >= 11 is 0. The van der Waals surface area contributed by atoms with Gasteiger partial charge in [-0.05, 0) is 38.8 Å². The number of hydrogen-bond donors (Lipinski definition) is 2. The highest BCUT2D eigenvalue weighted by atomic mass is 127. The number of guanidine groups is 1. The van der Waals surface area contributed by atoms with Gasteiger partial charge in [-0.15, -0.1) is 24.0 Å². The van der Waals surface area contributed by atoms with Gasteiger partial charge in [-0.2, -0.15) is 0 Å². The maximum atomic E-state index is 5.38. The van der Waals surface area contributed by atoms with E-state index in [-0.39, 0.29) is 24.0 Å². The Hall–Kier alpha value is -0.860. The van der Waals surface area contributed by atoms with Gasteiger partial charge in [0, 0.05) is 26.2 Å². The van der Waals surface area contributed by atoms with E-state index in [4.69, 9.17) is 4.74 Å². The first-order valence-electron chi connectivity index (χ1n) is 9.16. The van der Waals surface area contributed by atoms with E-state index in [1.807, 2.05) is 0 Å². The van der Waals surface area contributed by atoms with Crippen molar-refractivity contribution >= 4 is 29.9 Å². The van der Waals surface area contributed by atoms with Gasteiger partial charge in [0.1, 0.15) is 0 Å². The van der Waals surface area contributed by atoms with Crippen LogP contribution in [0.5, 0.6) is 0 Å². The van der Waals surface area contributed by atoms with Crippen LogP contribution in [0, 0.1) is 6.92 Å². The number of ether oxygens (including phenoxy) is 1. The Morgan fingerprint density at radius 1 is 1.12 bits per heavy atom. The Bertz CT molecular complexity index is 487. The molecular formula is C19H33IN4O. The van der Waals surface area contributed by atoms with Gasteiger partial charge >= 0.3 is 0 Å². The summed E-state index contributed by atoms with van der Waals surface area (Å²) in [6.07, 6.45) is 2.37. The van der Waals surface area contributed by atoms with Crippen molar-refractivity contribution < 1.29 is 4.74 Å². The van der Waals surface area contributed by atoms with Crippen molar-refractivity contribution in [2.24, 2.45) is 4.99 Å². The van der Waals surface area contributed by atoms with Gasteiger partial charge in [-0.25, -0.2) is 4.99 Å². The number of benzene rings is 1. The summed E-state index contributed by atoms with van der Waals surface area (Å²) < 4.78 is 5.38. The van der Waals surface area contributed by atoms with E-state index in [9.17, 15) is 0 Å². The molecule has 1 aliphatic heterocycles. The highest BCUT2D eigenvalue weighted by Gasteiger charge is 2.09. The second-order valence-corrected chi connectivity index (χ2v) is 6.27. The number of halogens is 1. The lowest BCUT2D eigenvalue weighted by Crippen LogP contribution is -2.39. The smallest absolute Gasteiger partial charge is 0.191 e. The monoisotopic (exact) mass is 460 g/mol. The van der Waals surface area contributed by atoms with E-state index in [2.05, 4.69) is 58.6 Å². The topological polar surface area (TPSA) is 48.9 Å². The zero-order valence-corrected chi connectivity index (χ0v) is 17.9. The van der Waals surface area contributed by atoms with E-state index in [1.54, 1.807) is 0 Å². The number of morpholine rings is 1. The fraction of sp³-hybridized carbons (Fsp3) is 0.632. The molecule has 1 heterocycles. The molecule has 1 saturated heterocycles. The molecule has 1 fully saturated rings. The van der Waals surface area contributed by atoms with Gasteiger partial charge < -0.3 is 15.4 Å².